The number of hydrogen-bond donors (Lipinski definition) is 0. The van der Waals surface area contributed by atoms with E-state index in [1.165, 1.54) is 94.2 Å². The van der Waals surface area contributed by atoms with Gasteiger partial charge in [-0.1, -0.05) is 253 Å². The molecule has 0 unspecified atom stereocenters. The molecule has 13 rings (SSSR count). The maximum atomic E-state index is 2.57. The number of hydrogen-bond acceptors (Lipinski definition) is 1. The van der Waals surface area contributed by atoms with Crippen LogP contribution in [0.15, 0.2) is 255 Å². The maximum Gasteiger partial charge on any atom is 0.0713 e. The Hall–Kier alpha value is -8.52. The van der Waals surface area contributed by atoms with Crippen LogP contribution in [0.4, 0.5) is 17.1 Å². The molecule has 0 fully saturated rings. The lowest BCUT2D eigenvalue weighted by Crippen LogP contribution is -2.28. The minimum atomic E-state index is -0.514. The van der Waals surface area contributed by atoms with Crippen LogP contribution in [0.1, 0.15) is 73.6 Å². The molecule has 1 nitrogen and oxygen atoms in total. The summed E-state index contributed by atoms with van der Waals surface area (Å²) in [7, 11) is 0. The van der Waals surface area contributed by atoms with Crippen molar-refractivity contribution >= 4 is 27.8 Å². The van der Waals surface area contributed by atoms with E-state index in [1.807, 2.05) is 0 Å². The Kier molecular flexibility index (Phi) is 10.4. The van der Waals surface area contributed by atoms with E-state index in [4.69, 9.17) is 0 Å². The molecule has 0 N–H and O–H groups in total. The van der Waals surface area contributed by atoms with Gasteiger partial charge in [-0.25, -0.2) is 0 Å². The summed E-state index contributed by atoms with van der Waals surface area (Å²) in [5.41, 5.74) is 24.1. The van der Waals surface area contributed by atoms with E-state index in [9.17, 15) is 0 Å². The monoisotopic (exact) mass is 935 g/mol. The van der Waals surface area contributed by atoms with Gasteiger partial charge in [0, 0.05) is 22.2 Å². The van der Waals surface area contributed by atoms with E-state index in [-0.39, 0.29) is 10.8 Å². The zero-order chi connectivity index (χ0) is 49.5. The predicted octanol–water partition coefficient (Wildman–Crippen LogP) is 19.3. The molecule has 11 aromatic rings. The average Bonchev–Trinajstić information content (AvgIpc) is 3.86. The van der Waals surface area contributed by atoms with Gasteiger partial charge in [0.25, 0.3) is 0 Å². The second-order valence-electron chi connectivity index (χ2n) is 21.6. The quantitative estimate of drug-likeness (QED) is 0.147. The van der Waals surface area contributed by atoms with Crippen molar-refractivity contribution in [2.75, 3.05) is 4.90 Å². The van der Waals surface area contributed by atoms with E-state index < -0.39 is 5.41 Å². The van der Waals surface area contributed by atoms with Crippen molar-refractivity contribution in [3.8, 4) is 55.6 Å². The summed E-state index contributed by atoms with van der Waals surface area (Å²) in [5, 5.41) is 2.42. The van der Waals surface area contributed by atoms with E-state index >= 15 is 0 Å². The molecule has 0 atom stereocenters. The second-order valence-corrected chi connectivity index (χ2v) is 21.6. The molecule has 0 aliphatic heterocycles. The van der Waals surface area contributed by atoms with Gasteiger partial charge in [0.15, 0.2) is 0 Å². The first-order valence-corrected chi connectivity index (χ1v) is 25.8. The highest BCUT2D eigenvalue weighted by Gasteiger charge is 2.46. The summed E-state index contributed by atoms with van der Waals surface area (Å²) in [5.74, 6) is 0. The van der Waals surface area contributed by atoms with Gasteiger partial charge < -0.3 is 4.90 Å². The van der Waals surface area contributed by atoms with E-state index in [0.717, 1.165) is 28.2 Å². The van der Waals surface area contributed by atoms with Gasteiger partial charge in [-0.05, 0) is 136 Å². The van der Waals surface area contributed by atoms with Crippen molar-refractivity contribution in [2.24, 2.45) is 0 Å². The van der Waals surface area contributed by atoms with Crippen LogP contribution in [0.2, 0.25) is 0 Å². The molecule has 350 valence electrons. The van der Waals surface area contributed by atoms with Crippen molar-refractivity contribution in [1.82, 2.24) is 0 Å². The molecule has 11 aromatic carbocycles. The lowest BCUT2D eigenvalue weighted by molar-refractivity contribution is 0.590. The highest BCUT2D eigenvalue weighted by molar-refractivity contribution is 6.07. The third-order valence-corrected chi connectivity index (χ3v) is 16.1. The summed E-state index contributed by atoms with van der Waals surface area (Å²) in [6, 6.07) is 95.7. The van der Waals surface area contributed by atoms with Crippen LogP contribution in [0, 0.1) is 0 Å². The highest BCUT2D eigenvalue weighted by atomic mass is 15.1. The zero-order valence-corrected chi connectivity index (χ0v) is 42.2. The van der Waals surface area contributed by atoms with Gasteiger partial charge in [-0.15, -0.1) is 0 Å². The first kappa shape index (κ1) is 44.4. The first-order valence-electron chi connectivity index (χ1n) is 25.8. The molecule has 73 heavy (non-hydrogen) atoms. The molecule has 0 spiro atoms. The zero-order valence-electron chi connectivity index (χ0n) is 42.2. The molecule has 0 saturated heterocycles. The topological polar surface area (TPSA) is 3.24 Å². The third kappa shape index (κ3) is 7.05. The Morgan fingerprint density at radius 2 is 0.890 bits per heavy atom. The summed E-state index contributed by atoms with van der Waals surface area (Å²) in [6.07, 6.45) is 0. The van der Waals surface area contributed by atoms with Crippen LogP contribution in [0.5, 0.6) is 0 Å². The molecule has 2 aliphatic rings. The fourth-order valence-electron chi connectivity index (χ4n) is 12.5. The Balaban J connectivity index is 1.10. The summed E-state index contributed by atoms with van der Waals surface area (Å²) in [6.45, 7) is 11.6. The molecule has 2 aliphatic carbocycles. The predicted molar refractivity (Wildman–Crippen MR) is 309 cm³/mol. The van der Waals surface area contributed by atoms with Crippen molar-refractivity contribution in [3.63, 3.8) is 0 Å². The van der Waals surface area contributed by atoms with Gasteiger partial charge in [0.2, 0.25) is 0 Å². The van der Waals surface area contributed by atoms with Crippen LogP contribution in [0.3, 0.4) is 0 Å². The molecule has 0 radical (unpaired) electrons. The van der Waals surface area contributed by atoms with Crippen molar-refractivity contribution in [2.45, 2.75) is 50.9 Å². The highest BCUT2D eigenvalue weighted by Crippen LogP contribution is 2.58. The molecule has 0 saturated carbocycles. The van der Waals surface area contributed by atoms with Gasteiger partial charge in [0.1, 0.15) is 0 Å². The molecule has 1 heteroatoms. The lowest BCUT2D eigenvalue weighted by atomic mass is 9.68. The maximum absolute atomic E-state index is 2.57. The number of fused-ring (bicyclic) bond motifs is 7. The van der Waals surface area contributed by atoms with Crippen LogP contribution in [-0.4, -0.2) is 0 Å². The molecule has 0 bridgehead atoms. The molecule has 0 heterocycles. The smallest absolute Gasteiger partial charge is 0.0713 e. The molecular formula is C72H57N. The van der Waals surface area contributed by atoms with Gasteiger partial charge in [-0.2, -0.15) is 0 Å². The Bertz CT molecular complexity index is 3850. The number of benzene rings is 11. The van der Waals surface area contributed by atoms with Gasteiger partial charge in [-0.3, -0.25) is 0 Å². The Morgan fingerprint density at radius 3 is 1.59 bits per heavy atom. The van der Waals surface area contributed by atoms with E-state index in [2.05, 4.69) is 294 Å². The van der Waals surface area contributed by atoms with E-state index in [0.29, 0.717) is 0 Å². The molecule has 0 amide bonds. The minimum Gasteiger partial charge on any atom is -0.309 e. The van der Waals surface area contributed by atoms with Gasteiger partial charge in [0.05, 0.1) is 16.8 Å². The van der Waals surface area contributed by atoms with Crippen molar-refractivity contribution < 1.29 is 0 Å². The van der Waals surface area contributed by atoms with Gasteiger partial charge >= 0.3 is 0 Å². The number of nitrogens with zero attached hydrogens (tertiary/aromatic N) is 1. The summed E-state index contributed by atoms with van der Waals surface area (Å²) < 4.78 is 0. The Morgan fingerprint density at radius 1 is 0.342 bits per heavy atom. The first-order chi connectivity index (χ1) is 35.6. The van der Waals surface area contributed by atoms with Crippen LogP contribution >= 0.6 is 0 Å². The summed E-state index contributed by atoms with van der Waals surface area (Å²) in [4.78, 5) is 2.57. The van der Waals surface area contributed by atoms with Crippen molar-refractivity contribution in [3.05, 3.63) is 294 Å². The average molecular weight is 936 g/mol. The van der Waals surface area contributed by atoms with Crippen LogP contribution in [0.25, 0.3) is 66.4 Å². The van der Waals surface area contributed by atoms with Crippen LogP contribution in [-0.2, 0) is 16.2 Å². The summed E-state index contributed by atoms with van der Waals surface area (Å²) >= 11 is 0. The molecule has 0 aromatic heterocycles. The third-order valence-electron chi connectivity index (χ3n) is 16.1. The fraction of sp³-hybridized carbons (Fsp3) is 0.111. The lowest BCUT2D eigenvalue weighted by Gasteiger charge is -2.34. The standard InChI is InChI=1S/C72H57N/c1-70(2,3)53-38-33-48(34-39-53)51-37-43-67(61(45-51)49-21-9-6-10-22-49)73(56-40-42-65-62(47-56)59-30-18-20-32-64(59)72(65,54-24-11-7-12-25-54)55-26-13-8-14-27-55)68-44-36-50-23-15-16-28-57(50)69(68)52-35-41-60-58-29-17-19-31-63(58)71(4,5)66(60)46-52/h6-47H,1-5H3. The molecular weight excluding hydrogens is 879 g/mol. The SMILES string of the molecule is CC(C)(C)c1ccc(-c2ccc(N(c3ccc4c(c3)-c3ccccc3C4(c3ccccc3)c3ccccc3)c3ccc4ccccc4c3-c3ccc4c(c3)C(C)(C)c3ccccc3-4)c(-c3ccccc3)c2)cc1. The number of rotatable bonds is 8. The normalized spacial score (nSPS) is 13.8. The minimum absolute atomic E-state index is 0.0619. The largest absolute Gasteiger partial charge is 0.309 e. The van der Waals surface area contributed by atoms with E-state index in [1.54, 1.807) is 0 Å². The van der Waals surface area contributed by atoms with Crippen molar-refractivity contribution in [1.29, 1.82) is 0 Å². The fourth-order valence-corrected chi connectivity index (χ4v) is 12.5. The Labute approximate surface area is 430 Å². The second kappa shape index (κ2) is 17.1. The van der Waals surface area contributed by atoms with Crippen LogP contribution < -0.4 is 4.90 Å². The number of anilines is 3.